The highest BCUT2D eigenvalue weighted by Crippen LogP contribution is 2.49. The zero-order chi connectivity index (χ0) is 17.6. The number of fused-ring (bicyclic) bond motifs is 2. The lowest BCUT2D eigenvalue weighted by Gasteiger charge is -2.32. The fraction of sp³-hybridized carbons (Fsp3) is 0.833. The van der Waals surface area contributed by atoms with Crippen molar-refractivity contribution in [1.29, 1.82) is 0 Å². The van der Waals surface area contributed by atoms with Crippen LogP contribution in [0.1, 0.15) is 44.9 Å². The molecule has 5 atom stereocenters. The Kier molecular flexibility index (Phi) is 4.22. The van der Waals surface area contributed by atoms with E-state index in [-0.39, 0.29) is 42.0 Å². The first-order valence-corrected chi connectivity index (χ1v) is 9.52. The fourth-order valence-electron chi connectivity index (χ4n) is 4.86. The van der Waals surface area contributed by atoms with Gasteiger partial charge in [0.15, 0.2) is 0 Å². The average Bonchev–Trinajstić information content (AvgIpc) is 3.02. The van der Waals surface area contributed by atoms with E-state index in [1.807, 2.05) is 0 Å². The van der Waals surface area contributed by atoms with Gasteiger partial charge in [-0.25, -0.2) is 0 Å². The molecule has 1 saturated heterocycles. The Morgan fingerprint density at radius 3 is 2.64 bits per heavy atom. The van der Waals surface area contributed by atoms with Gasteiger partial charge in [0.1, 0.15) is 0 Å². The van der Waals surface area contributed by atoms with E-state index in [0.717, 1.165) is 32.1 Å². The fourth-order valence-corrected chi connectivity index (χ4v) is 4.86. The molecule has 0 aromatic rings. The summed E-state index contributed by atoms with van der Waals surface area (Å²) in [5, 5.41) is 18.7. The van der Waals surface area contributed by atoms with Crippen molar-refractivity contribution >= 4 is 17.7 Å². The van der Waals surface area contributed by atoms with Crippen LogP contribution < -0.4 is 16.0 Å². The molecule has 7 heteroatoms. The van der Waals surface area contributed by atoms with Crippen LogP contribution in [-0.4, -0.2) is 47.6 Å². The SMILES string of the molecule is O=C1CC(C(=O)N[C@@H]2[C@@H]3CC[C@@H](C3)[C@H]2C(=O)NCC2(O)CC2)CCN1. The summed E-state index contributed by atoms with van der Waals surface area (Å²) in [6, 6.07) is -0.134. The molecule has 1 unspecified atom stereocenters. The lowest BCUT2D eigenvalue weighted by atomic mass is 9.83. The Morgan fingerprint density at radius 1 is 1.16 bits per heavy atom. The number of amides is 3. The van der Waals surface area contributed by atoms with Crippen LogP contribution in [0.3, 0.4) is 0 Å². The van der Waals surface area contributed by atoms with Crippen LogP contribution in [0, 0.1) is 23.7 Å². The summed E-state index contributed by atoms with van der Waals surface area (Å²) < 4.78 is 0. The standard InChI is InChI=1S/C18H27N3O4/c22-13-8-12(3-6-19-13)16(23)21-15-11-2-1-10(7-11)14(15)17(24)20-9-18(25)4-5-18/h10-12,14-15,25H,1-9H2,(H,19,22)(H,20,24)(H,21,23)/t10-,11+,12?,14+,15+/m0/s1. The number of carbonyl (C=O) groups excluding carboxylic acids is 3. The molecule has 0 aromatic heterocycles. The zero-order valence-electron chi connectivity index (χ0n) is 14.4. The lowest BCUT2D eigenvalue weighted by molar-refractivity contribution is -0.134. The number of rotatable bonds is 5. The van der Waals surface area contributed by atoms with E-state index < -0.39 is 5.60 Å². The highest BCUT2D eigenvalue weighted by molar-refractivity contribution is 5.88. The molecule has 138 valence electrons. The number of piperidine rings is 1. The van der Waals surface area contributed by atoms with E-state index in [0.29, 0.717) is 31.3 Å². The molecule has 3 aliphatic carbocycles. The second kappa shape index (κ2) is 6.27. The highest BCUT2D eigenvalue weighted by Gasteiger charge is 2.52. The summed E-state index contributed by atoms with van der Waals surface area (Å²) in [6.45, 7) is 0.847. The first-order chi connectivity index (χ1) is 12.0. The molecule has 0 spiro atoms. The van der Waals surface area contributed by atoms with Gasteiger partial charge >= 0.3 is 0 Å². The van der Waals surface area contributed by atoms with Crippen LogP contribution in [-0.2, 0) is 14.4 Å². The van der Waals surface area contributed by atoms with Crippen molar-refractivity contribution in [2.45, 2.75) is 56.6 Å². The molecule has 4 aliphatic rings. The van der Waals surface area contributed by atoms with Gasteiger partial charge in [0.05, 0.1) is 11.5 Å². The van der Waals surface area contributed by atoms with Gasteiger partial charge in [-0.1, -0.05) is 0 Å². The van der Waals surface area contributed by atoms with Crippen LogP contribution in [0.2, 0.25) is 0 Å². The predicted octanol–water partition coefficient (Wildman–Crippen LogP) is -0.315. The van der Waals surface area contributed by atoms with Crippen LogP contribution in [0.5, 0.6) is 0 Å². The van der Waals surface area contributed by atoms with Gasteiger partial charge < -0.3 is 21.1 Å². The quantitative estimate of drug-likeness (QED) is 0.546. The van der Waals surface area contributed by atoms with Crippen molar-refractivity contribution in [3.8, 4) is 0 Å². The summed E-state index contributed by atoms with van der Waals surface area (Å²) in [6.07, 6.45) is 5.44. The smallest absolute Gasteiger partial charge is 0.225 e. The molecule has 4 rings (SSSR count). The molecule has 3 saturated carbocycles. The van der Waals surface area contributed by atoms with E-state index in [9.17, 15) is 19.5 Å². The van der Waals surface area contributed by atoms with E-state index in [2.05, 4.69) is 16.0 Å². The largest absolute Gasteiger partial charge is 0.388 e. The molecule has 3 amide bonds. The number of hydrogen-bond donors (Lipinski definition) is 4. The van der Waals surface area contributed by atoms with Crippen LogP contribution in [0.25, 0.3) is 0 Å². The van der Waals surface area contributed by atoms with E-state index in [1.165, 1.54) is 0 Å². The maximum atomic E-state index is 12.7. The molecule has 1 heterocycles. The minimum Gasteiger partial charge on any atom is -0.388 e. The molecular weight excluding hydrogens is 322 g/mol. The Labute approximate surface area is 147 Å². The molecule has 7 nitrogen and oxygen atoms in total. The monoisotopic (exact) mass is 349 g/mol. The van der Waals surface area contributed by atoms with Gasteiger partial charge in [-0.3, -0.25) is 14.4 Å². The van der Waals surface area contributed by atoms with Gasteiger partial charge in [-0.05, 0) is 50.4 Å². The minimum absolute atomic E-state index is 0.0424. The Balaban J connectivity index is 1.39. The maximum absolute atomic E-state index is 12.7. The van der Waals surface area contributed by atoms with E-state index in [1.54, 1.807) is 0 Å². The highest BCUT2D eigenvalue weighted by atomic mass is 16.3. The average molecular weight is 349 g/mol. The Bertz CT molecular complexity index is 589. The Morgan fingerprint density at radius 2 is 1.92 bits per heavy atom. The zero-order valence-corrected chi connectivity index (χ0v) is 14.4. The third-order valence-corrected chi connectivity index (χ3v) is 6.56. The van der Waals surface area contributed by atoms with Gasteiger partial charge in [0, 0.05) is 31.5 Å². The summed E-state index contributed by atoms with van der Waals surface area (Å²) in [7, 11) is 0. The molecule has 2 bridgehead atoms. The first kappa shape index (κ1) is 16.8. The number of nitrogens with one attached hydrogen (secondary N) is 3. The van der Waals surface area contributed by atoms with E-state index in [4.69, 9.17) is 0 Å². The molecule has 1 aliphatic heterocycles. The van der Waals surface area contributed by atoms with Crippen molar-refractivity contribution in [2.75, 3.05) is 13.1 Å². The lowest BCUT2D eigenvalue weighted by Crippen LogP contribution is -2.53. The van der Waals surface area contributed by atoms with Crippen molar-refractivity contribution in [1.82, 2.24) is 16.0 Å². The van der Waals surface area contributed by atoms with Crippen LogP contribution in [0.15, 0.2) is 0 Å². The molecule has 0 aromatic carbocycles. The second-order valence-electron chi connectivity index (χ2n) is 8.38. The topological polar surface area (TPSA) is 108 Å². The molecule has 25 heavy (non-hydrogen) atoms. The van der Waals surface area contributed by atoms with E-state index >= 15 is 0 Å². The Hall–Kier alpha value is -1.63. The number of hydrogen-bond acceptors (Lipinski definition) is 4. The summed E-state index contributed by atoms with van der Waals surface area (Å²) in [4.78, 5) is 36.8. The normalized spacial score (nSPS) is 38.1. The van der Waals surface area contributed by atoms with Crippen molar-refractivity contribution in [3.05, 3.63) is 0 Å². The van der Waals surface area contributed by atoms with Crippen molar-refractivity contribution < 1.29 is 19.5 Å². The minimum atomic E-state index is -0.707. The summed E-state index contributed by atoms with van der Waals surface area (Å²) in [5.41, 5.74) is -0.707. The molecular formula is C18H27N3O4. The number of aliphatic hydroxyl groups is 1. The van der Waals surface area contributed by atoms with Crippen LogP contribution >= 0.6 is 0 Å². The molecule has 0 radical (unpaired) electrons. The third-order valence-electron chi connectivity index (χ3n) is 6.56. The van der Waals surface area contributed by atoms with Crippen molar-refractivity contribution in [3.63, 3.8) is 0 Å². The maximum Gasteiger partial charge on any atom is 0.225 e. The second-order valence-corrected chi connectivity index (χ2v) is 8.38. The predicted molar refractivity (Wildman–Crippen MR) is 89.2 cm³/mol. The van der Waals surface area contributed by atoms with Gasteiger partial charge in [0.2, 0.25) is 17.7 Å². The third kappa shape index (κ3) is 3.38. The van der Waals surface area contributed by atoms with Crippen LogP contribution in [0.4, 0.5) is 0 Å². The summed E-state index contributed by atoms with van der Waals surface area (Å²) in [5.74, 6) is -0.0345. The van der Waals surface area contributed by atoms with Gasteiger partial charge in [-0.15, -0.1) is 0 Å². The molecule has 4 fully saturated rings. The molecule has 4 N–H and O–H groups in total. The van der Waals surface area contributed by atoms with Crippen molar-refractivity contribution in [2.24, 2.45) is 23.7 Å². The number of carbonyl (C=O) groups is 3. The first-order valence-electron chi connectivity index (χ1n) is 9.52. The van der Waals surface area contributed by atoms with Gasteiger partial charge in [-0.2, -0.15) is 0 Å². The summed E-state index contributed by atoms with van der Waals surface area (Å²) >= 11 is 0. The van der Waals surface area contributed by atoms with Gasteiger partial charge in [0.25, 0.3) is 0 Å².